The third kappa shape index (κ3) is 4.13. The van der Waals surface area contributed by atoms with E-state index in [1.54, 1.807) is 0 Å². The lowest BCUT2D eigenvalue weighted by atomic mass is 10.8. The Bertz CT molecular complexity index is 209. The Hall–Kier alpha value is 1.48. The molecule has 0 amide bonds. The molecule has 1 aliphatic heterocycles. The summed E-state index contributed by atoms with van der Waals surface area (Å²) in [5.74, 6) is -2.33. The zero-order valence-corrected chi connectivity index (χ0v) is 11.6. The van der Waals surface area contributed by atoms with Crippen LogP contribution in [0.4, 0.5) is 0 Å². The lowest BCUT2D eigenvalue weighted by Gasteiger charge is -2.16. The maximum atomic E-state index is 11.0. The largest absolute Gasteiger partial charge is 0.346 e. The molecule has 2 nitrogen and oxygen atoms in total. The van der Waals surface area contributed by atoms with E-state index in [0.29, 0.717) is 10.9 Å². The fraction of sp³-hybridized carbons (Fsp3) is 0.750. The topological polar surface area (TPSA) is 20.3 Å². The summed E-state index contributed by atoms with van der Waals surface area (Å²) in [6.07, 6.45) is 0. The number of nitrogens with zero attached hydrogens (tertiary/aromatic N) is 1. The van der Waals surface area contributed by atoms with Crippen LogP contribution < -0.4 is 0 Å². The lowest BCUT2D eigenvalue weighted by Crippen LogP contribution is -2.14. The van der Waals surface area contributed by atoms with Crippen molar-refractivity contribution in [2.24, 2.45) is 0 Å². The van der Waals surface area contributed by atoms with Gasteiger partial charge in [0.25, 0.3) is 0 Å². The van der Waals surface area contributed by atoms with Gasteiger partial charge >= 0.3 is 6.00 Å². The first-order valence-corrected chi connectivity index (χ1v) is 9.05. The number of halogens is 2. The van der Waals surface area contributed by atoms with E-state index < -0.39 is 6.00 Å². The molecule has 8 heteroatoms. The molecule has 1 aliphatic rings. The van der Waals surface area contributed by atoms with Gasteiger partial charge in [0.05, 0.1) is 0 Å². The van der Waals surface area contributed by atoms with E-state index in [1.165, 1.54) is 16.4 Å². The lowest BCUT2D eigenvalue weighted by molar-refractivity contribution is 0.559. The Labute approximate surface area is 93.9 Å². The molecule has 0 radical (unpaired) electrons. The monoisotopic (exact) mass is 283 g/mol. The van der Waals surface area contributed by atoms with Gasteiger partial charge in [-0.1, -0.05) is 30.6 Å². The van der Waals surface area contributed by atoms with E-state index in [4.69, 9.17) is 34.7 Å². The molecule has 1 fully saturated rings. The summed E-state index contributed by atoms with van der Waals surface area (Å²) in [5.41, 5.74) is 0. The van der Waals surface area contributed by atoms with Crippen LogP contribution in [0.2, 0.25) is 0 Å². The van der Waals surface area contributed by atoms with E-state index in [2.05, 4.69) is 9.24 Å². The summed E-state index contributed by atoms with van der Waals surface area (Å²) in [6, 6.07) is 0. The van der Waals surface area contributed by atoms with Crippen molar-refractivity contribution >= 4 is 66.0 Å². The van der Waals surface area contributed by atoms with Gasteiger partial charge in [0, 0.05) is 12.3 Å². The van der Waals surface area contributed by atoms with Crippen LogP contribution in [-0.2, 0) is 4.57 Å². The smallest absolute Gasteiger partial charge is 0.283 e. The second kappa shape index (κ2) is 6.06. The molecule has 0 N–H and O–H groups in total. The van der Waals surface area contributed by atoms with Crippen LogP contribution in [0, 0.1) is 0 Å². The molecule has 1 rings (SSSR count). The Morgan fingerprint density at radius 3 is 2.33 bits per heavy atom. The van der Waals surface area contributed by atoms with Crippen molar-refractivity contribution in [2.75, 3.05) is 19.0 Å². The normalized spacial score (nSPS) is 17.3. The minimum atomic E-state index is -3.15. The van der Waals surface area contributed by atoms with E-state index in [-0.39, 0.29) is 0 Å². The van der Waals surface area contributed by atoms with Crippen molar-refractivity contribution in [3.05, 3.63) is 0 Å². The van der Waals surface area contributed by atoms with E-state index in [0.717, 1.165) is 5.75 Å². The van der Waals surface area contributed by atoms with Gasteiger partial charge in [-0.15, -0.1) is 9.24 Å². The number of thiocarbonyl (C=S) groups is 1. The highest BCUT2D eigenvalue weighted by Crippen LogP contribution is 2.61. The van der Waals surface area contributed by atoms with Gasteiger partial charge < -0.3 is 0 Å². The van der Waals surface area contributed by atoms with Crippen LogP contribution in [0.3, 0.4) is 0 Å². The summed E-state index contributed by atoms with van der Waals surface area (Å²) in [7, 11) is 2.42. The van der Waals surface area contributed by atoms with Crippen LogP contribution >= 0.6 is 61.7 Å². The SMILES string of the molecule is CP.O=P(Cl)(Cl)N1CCSC1=S. The average Bonchev–Trinajstić information content (AvgIpc) is 2.38. The Morgan fingerprint density at radius 1 is 1.67 bits per heavy atom. The predicted molar refractivity (Wildman–Crippen MR) is 66.7 cm³/mol. The van der Waals surface area contributed by atoms with Crippen molar-refractivity contribution in [1.29, 1.82) is 0 Å². The third-order valence-electron chi connectivity index (χ3n) is 1.02. The molecule has 0 spiro atoms. The predicted octanol–water partition coefficient (Wildman–Crippen LogP) is 3.40. The van der Waals surface area contributed by atoms with Gasteiger partial charge in [-0.3, -0.25) is 9.24 Å². The number of thioether (sulfide) groups is 1. The molecule has 1 unspecified atom stereocenters. The second-order valence-electron chi connectivity index (χ2n) is 1.67. The maximum absolute atomic E-state index is 11.0. The van der Waals surface area contributed by atoms with Crippen molar-refractivity contribution in [3.8, 4) is 0 Å². The van der Waals surface area contributed by atoms with E-state index in [9.17, 15) is 4.57 Å². The van der Waals surface area contributed by atoms with Gasteiger partial charge in [0.2, 0.25) is 0 Å². The quantitative estimate of drug-likeness (QED) is 0.543. The molecule has 1 atom stereocenters. The van der Waals surface area contributed by atoms with Crippen LogP contribution in [0.15, 0.2) is 0 Å². The summed E-state index contributed by atoms with van der Waals surface area (Å²) < 4.78 is 12.9. The highest BCUT2D eigenvalue weighted by Gasteiger charge is 2.31. The van der Waals surface area contributed by atoms with Crippen LogP contribution in [0.1, 0.15) is 0 Å². The first-order chi connectivity index (χ1) is 5.52. The van der Waals surface area contributed by atoms with Crippen molar-refractivity contribution in [2.45, 2.75) is 0 Å². The molecule has 12 heavy (non-hydrogen) atoms. The van der Waals surface area contributed by atoms with Gasteiger partial charge in [-0.05, 0) is 22.5 Å². The second-order valence-corrected chi connectivity index (χ2v) is 8.02. The summed E-state index contributed by atoms with van der Waals surface area (Å²) in [5, 5.41) is 0. The minimum absolute atomic E-state index is 0.535. The molecule has 0 bridgehead atoms. The number of hydrogen-bond donors (Lipinski definition) is 0. The van der Waals surface area contributed by atoms with Gasteiger partial charge in [0.1, 0.15) is 4.32 Å². The zero-order chi connectivity index (χ0) is 9.78. The molecule has 0 aliphatic carbocycles. The van der Waals surface area contributed by atoms with E-state index >= 15 is 0 Å². The Morgan fingerprint density at radius 2 is 2.17 bits per heavy atom. The van der Waals surface area contributed by atoms with E-state index in [1.807, 2.05) is 6.66 Å². The maximum Gasteiger partial charge on any atom is 0.346 e. The summed E-state index contributed by atoms with van der Waals surface area (Å²) in [6.45, 7) is 2.51. The molecule has 0 aromatic heterocycles. The van der Waals surface area contributed by atoms with Gasteiger partial charge in [0.15, 0.2) is 0 Å². The Kier molecular flexibility index (Phi) is 6.80. The van der Waals surface area contributed by atoms with Crippen LogP contribution in [0.5, 0.6) is 0 Å². The van der Waals surface area contributed by atoms with Crippen molar-refractivity contribution < 1.29 is 4.57 Å². The van der Waals surface area contributed by atoms with Gasteiger partial charge in [-0.25, -0.2) is 0 Å². The number of rotatable bonds is 1. The molecule has 0 aromatic carbocycles. The highest BCUT2D eigenvalue weighted by molar-refractivity contribution is 8.24. The third-order valence-corrected chi connectivity index (χ3v) is 4.78. The average molecular weight is 284 g/mol. The fourth-order valence-electron chi connectivity index (χ4n) is 0.597. The summed E-state index contributed by atoms with van der Waals surface area (Å²) in [4.78, 5) is 0. The molecule has 0 saturated carbocycles. The minimum Gasteiger partial charge on any atom is -0.283 e. The fourth-order valence-corrected chi connectivity index (χ4v) is 4.59. The van der Waals surface area contributed by atoms with Gasteiger partial charge in [-0.2, -0.15) is 0 Å². The first kappa shape index (κ1) is 13.5. The molecular formula is C4H9Cl2NOP2S2. The standard InChI is InChI=1S/C3H4Cl2NOPS2.CH5P/c4-8(5,7)6-1-2-10-3(6)9;1-2/h1-2H2;2H2,1H3. The molecular weight excluding hydrogens is 275 g/mol. The van der Waals surface area contributed by atoms with Crippen LogP contribution in [0.25, 0.3) is 0 Å². The first-order valence-electron chi connectivity index (χ1n) is 3.03. The molecule has 1 saturated heterocycles. The highest BCUT2D eigenvalue weighted by atomic mass is 35.9. The van der Waals surface area contributed by atoms with Crippen molar-refractivity contribution in [1.82, 2.24) is 4.67 Å². The van der Waals surface area contributed by atoms with Crippen molar-refractivity contribution in [3.63, 3.8) is 0 Å². The molecule has 72 valence electrons. The van der Waals surface area contributed by atoms with Crippen LogP contribution in [-0.4, -0.2) is 28.0 Å². The zero-order valence-electron chi connectivity index (χ0n) is 6.37. The summed E-state index contributed by atoms with van der Waals surface area (Å²) >= 11 is 17.0. The molecule has 0 aromatic rings. The molecule has 1 heterocycles. The number of hydrogen-bond acceptors (Lipinski definition) is 3. The Balaban J connectivity index is 0.000000561.